The van der Waals surface area contributed by atoms with Crippen LogP contribution in [0.1, 0.15) is 26.2 Å². The number of hydrogen-bond acceptors (Lipinski definition) is 1. The van der Waals surface area contributed by atoms with Crippen molar-refractivity contribution in [3.05, 3.63) is 11.5 Å². The highest BCUT2D eigenvalue weighted by Gasteiger charge is 2.23. The molecule has 0 aliphatic heterocycles. The summed E-state index contributed by atoms with van der Waals surface area (Å²) in [5.41, 5.74) is 0.687. The Labute approximate surface area is 61.3 Å². The Bertz CT molecular complexity index is 147. The minimum atomic E-state index is 0.0324. The van der Waals surface area contributed by atoms with Gasteiger partial charge in [-0.1, -0.05) is 0 Å². The molecule has 0 aromatic rings. The molecule has 1 nitrogen and oxygen atoms in total. The van der Waals surface area contributed by atoms with Crippen molar-refractivity contribution < 1.29 is 4.39 Å². The standard InChI is InChI=1S/C8H14FN/c1-6(10-2)8(9)5-7-3-4-7/h7,10H,3-5H2,1-2H3/b8-6-. The summed E-state index contributed by atoms with van der Waals surface area (Å²) in [7, 11) is 1.75. The second kappa shape index (κ2) is 3.04. The molecule has 1 aliphatic rings. The van der Waals surface area contributed by atoms with Crippen LogP contribution in [0.15, 0.2) is 11.5 Å². The zero-order valence-corrected chi connectivity index (χ0v) is 6.58. The molecule has 58 valence electrons. The average Bonchev–Trinajstić information content (AvgIpc) is 2.70. The average molecular weight is 143 g/mol. The molecular formula is C8H14FN. The Hall–Kier alpha value is -0.530. The first-order valence-corrected chi connectivity index (χ1v) is 3.77. The predicted molar refractivity (Wildman–Crippen MR) is 40.2 cm³/mol. The van der Waals surface area contributed by atoms with Crippen molar-refractivity contribution in [1.29, 1.82) is 0 Å². The fraction of sp³-hybridized carbons (Fsp3) is 0.750. The van der Waals surface area contributed by atoms with E-state index in [0.717, 1.165) is 0 Å². The summed E-state index contributed by atoms with van der Waals surface area (Å²) in [6.07, 6.45) is 3.07. The SMILES string of the molecule is CN/C(C)=C(\F)CC1CC1. The Balaban J connectivity index is 2.36. The molecule has 0 bridgehead atoms. The summed E-state index contributed by atoms with van der Waals surface area (Å²) >= 11 is 0. The summed E-state index contributed by atoms with van der Waals surface area (Å²) in [6, 6.07) is 0. The highest BCUT2D eigenvalue weighted by molar-refractivity contribution is 5.04. The van der Waals surface area contributed by atoms with Crippen molar-refractivity contribution >= 4 is 0 Å². The lowest BCUT2D eigenvalue weighted by molar-refractivity contribution is 0.545. The molecule has 1 fully saturated rings. The van der Waals surface area contributed by atoms with Crippen LogP contribution in [0.2, 0.25) is 0 Å². The zero-order chi connectivity index (χ0) is 7.56. The summed E-state index contributed by atoms with van der Waals surface area (Å²) in [5, 5.41) is 2.80. The van der Waals surface area contributed by atoms with Crippen molar-refractivity contribution in [3.63, 3.8) is 0 Å². The molecule has 1 aliphatic carbocycles. The van der Waals surface area contributed by atoms with Gasteiger partial charge in [0, 0.05) is 19.2 Å². The van der Waals surface area contributed by atoms with Gasteiger partial charge in [0.15, 0.2) is 0 Å². The monoisotopic (exact) mass is 143 g/mol. The second-order valence-electron chi connectivity index (χ2n) is 2.93. The summed E-state index contributed by atoms with van der Waals surface area (Å²) in [5.74, 6) is 0.674. The van der Waals surface area contributed by atoms with Crippen LogP contribution < -0.4 is 5.32 Å². The van der Waals surface area contributed by atoms with Gasteiger partial charge in [0.1, 0.15) is 5.83 Å². The molecule has 10 heavy (non-hydrogen) atoms. The molecule has 0 amide bonds. The van der Waals surface area contributed by atoms with E-state index >= 15 is 0 Å². The van der Waals surface area contributed by atoms with E-state index in [0.29, 0.717) is 18.0 Å². The van der Waals surface area contributed by atoms with Crippen LogP contribution in [0.4, 0.5) is 4.39 Å². The van der Waals surface area contributed by atoms with Crippen LogP contribution in [0, 0.1) is 5.92 Å². The molecule has 2 heteroatoms. The molecule has 1 N–H and O–H groups in total. The largest absolute Gasteiger partial charge is 0.390 e. The molecule has 0 aromatic carbocycles. The van der Waals surface area contributed by atoms with E-state index in [1.165, 1.54) is 12.8 Å². The quantitative estimate of drug-likeness (QED) is 0.638. The third kappa shape index (κ3) is 2.01. The predicted octanol–water partition coefficient (Wildman–Crippen LogP) is 2.21. The van der Waals surface area contributed by atoms with E-state index in [9.17, 15) is 4.39 Å². The van der Waals surface area contributed by atoms with E-state index in [1.54, 1.807) is 14.0 Å². The Morgan fingerprint density at radius 2 is 2.20 bits per heavy atom. The topological polar surface area (TPSA) is 12.0 Å². The van der Waals surface area contributed by atoms with Gasteiger partial charge in [0.05, 0.1) is 0 Å². The maximum absolute atomic E-state index is 12.9. The van der Waals surface area contributed by atoms with E-state index in [-0.39, 0.29) is 5.83 Å². The van der Waals surface area contributed by atoms with Crippen molar-refractivity contribution in [2.45, 2.75) is 26.2 Å². The second-order valence-corrected chi connectivity index (χ2v) is 2.93. The van der Waals surface area contributed by atoms with Gasteiger partial charge in [-0.2, -0.15) is 0 Å². The van der Waals surface area contributed by atoms with Gasteiger partial charge in [-0.3, -0.25) is 0 Å². The van der Waals surface area contributed by atoms with E-state index in [4.69, 9.17) is 0 Å². The number of rotatable bonds is 3. The maximum Gasteiger partial charge on any atom is 0.119 e. The zero-order valence-electron chi connectivity index (χ0n) is 6.58. The van der Waals surface area contributed by atoms with Gasteiger partial charge < -0.3 is 5.32 Å². The first-order valence-electron chi connectivity index (χ1n) is 3.77. The van der Waals surface area contributed by atoms with Gasteiger partial charge in [-0.25, -0.2) is 4.39 Å². The number of allylic oxidation sites excluding steroid dienone is 2. The van der Waals surface area contributed by atoms with Crippen molar-refractivity contribution in [2.75, 3.05) is 7.05 Å². The molecule has 0 unspecified atom stereocenters. The molecule has 0 aromatic heterocycles. The van der Waals surface area contributed by atoms with E-state index < -0.39 is 0 Å². The van der Waals surface area contributed by atoms with Gasteiger partial charge >= 0.3 is 0 Å². The van der Waals surface area contributed by atoms with E-state index in [1.807, 2.05) is 0 Å². The van der Waals surface area contributed by atoms with Crippen LogP contribution >= 0.6 is 0 Å². The maximum atomic E-state index is 12.9. The minimum absolute atomic E-state index is 0.0324. The molecular weight excluding hydrogens is 129 g/mol. The lowest BCUT2D eigenvalue weighted by Gasteiger charge is -2.01. The Morgan fingerprint density at radius 1 is 1.60 bits per heavy atom. The lowest BCUT2D eigenvalue weighted by atomic mass is 10.2. The molecule has 0 atom stereocenters. The lowest BCUT2D eigenvalue weighted by Crippen LogP contribution is -2.04. The fourth-order valence-electron chi connectivity index (χ4n) is 0.864. The van der Waals surface area contributed by atoms with Crippen molar-refractivity contribution in [2.24, 2.45) is 5.92 Å². The van der Waals surface area contributed by atoms with Crippen LogP contribution in [-0.2, 0) is 0 Å². The van der Waals surface area contributed by atoms with Gasteiger partial charge in [-0.05, 0) is 25.7 Å². The molecule has 0 heterocycles. The van der Waals surface area contributed by atoms with Gasteiger partial charge in [-0.15, -0.1) is 0 Å². The number of hydrogen-bond donors (Lipinski definition) is 1. The Morgan fingerprint density at radius 3 is 2.60 bits per heavy atom. The molecule has 0 radical (unpaired) electrons. The molecule has 0 spiro atoms. The first-order chi connectivity index (χ1) is 4.74. The van der Waals surface area contributed by atoms with Crippen molar-refractivity contribution in [3.8, 4) is 0 Å². The number of halogens is 1. The summed E-state index contributed by atoms with van der Waals surface area (Å²) in [4.78, 5) is 0. The molecule has 0 saturated heterocycles. The number of nitrogens with one attached hydrogen (secondary N) is 1. The fourth-order valence-corrected chi connectivity index (χ4v) is 0.864. The van der Waals surface area contributed by atoms with Crippen LogP contribution in [-0.4, -0.2) is 7.05 Å². The van der Waals surface area contributed by atoms with Crippen LogP contribution in [0.25, 0.3) is 0 Å². The Kier molecular flexibility index (Phi) is 2.30. The molecule has 1 saturated carbocycles. The normalized spacial score (nSPS) is 20.3. The summed E-state index contributed by atoms with van der Waals surface area (Å²) in [6.45, 7) is 1.78. The third-order valence-corrected chi connectivity index (χ3v) is 1.95. The van der Waals surface area contributed by atoms with Gasteiger partial charge in [0.2, 0.25) is 0 Å². The van der Waals surface area contributed by atoms with Gasteiger partial charge in [0.25, 0.3) is 0 Å². The summed E-state index contributed by atoms with van der Waals surface area (Å²) < 4.78 is 12.9. The van der Waals surface area contributed by atoms with Crippen LogP contribution in [0.5, 0.6) is 0 Å². The van der Waals surface area contributed by atoms with Crippen molar-refractivity contribution in [1.82, 2.24) is 5.32 Å². The minimum Gasteiger partial charge on any atom is -0.390 e. The van der Waals surface area contributed by atoms with E-state index in [2.05, 4.69) is 5.32 Å². The highest BCUT2D eigenvalue weighted by Crippen LogP contribution is 2.35. The molecule has 1 rings (SSSR count). The smallest absolute Gasteiger partial charge is 0.119 e. The van der Waals surface area contributed by atoms with Crippen LogP contribution in [0.3, 0.4) is 0 Å². The first kappa shape index (κ1) is 7.58. The highest BCUT2D eigenvalue weighted by atomic mass is 19.1. The third-order valence-electron chi connectivity index (χ3n) is 1.95.